The fraction of sp³-hybridized carbons (Fsp3) is 0.529. The summed E-state index contributed by atoms with van der Waals surface area (Å²) in [5.41, 5.74) is 0.454. The van der Waals surface area contributed by atoms with E-state index >= 15 is 0 Å². The highest BCUT2D eigenvalue weighted by Gasteiger charge is 2.28. The van der Waals surface area contributed by atoms with Gasteiger partial charge in [-0.2, -0.15) is 13.2 Å². The van der Waals surface area contributed by atoms with E-state index in [4.69, 9.17) is 4.74 Å². The van der Waals surface area contributed by atoms with E-state index in [1.807, 2.05) is 18.7 Å². The van der Waals surface area contributed by atoms with E-state index in [-0.39, 0.29) is 23.5 Å². The molecule has 0 saturated carbocycles. The Bertz CT molecular complexity index is 668. The first-order valence-corrected chi connectivity index (χ1v) is 8.19. The maximum Gasteiger partial charge on any atom is 0.389 e. The lowest BCUT2D eigenvalue weighted by atomic mass is 10.1. The molecule has 0 radical (unpaired) electrons. The third-order valence-corrected chi connectivity index (χ3v) is 3.93. The highest BCUT2D eigenvalue weighted by atomic mass is 19.4. The molecule has 26 heavy (non-hydrogen) atoms. The van der Waals surface area contributed by atoms with Gasteiger partial charge in [-0.15, -0.1) is 0 Å². The van der Waals surface area contributed by atoms with Crippen molar-refractivity contribution in [2.24, 2.45) is 0 Å². The van der Waals surface area contributed by atoms with Gasteiger partial charge in [-0.1, -0.05) is 0 Å². The minimum atomic E-state index is -4.44. The predicted molar refractivity (Wildman–Crippen MR) is 89.5 cm³/mol. The Morgan fingerprint density at radius 1 is 1.27 bits per heavy atom. The maximum absolute atomic E-state index is 12.2. The molecule has 1 unspecified atom stereocenters. The number of carbonyl (C=O) groups is 2. The summed E-state index contributed by atoms with van der Waals surface area (Å²) in [4.78, 5) is 25.2. The molecule has 0 aromatic heterocycles. The molecule has 144 valence electrons. The van der Waals surface area contributed by atoms with E-state index in [2.05, 4.69) is 5.32 Å². The third kappa shape index (κ3) is 5.62. The topological polar surface area (TPSA) is 78.9 Å². The van der Waals surface area contributed by atoms with Crippen LogP contribution in [0.5, 0.6) is 0 Å². The van der Waals surface area contributed by atoms with Crippen LogP contribution in [0.2, 0.25) is 0 Å². The summed E-state index contributed by atoms with van der Waals surface area (Å²) in [7, 11) is 0. The SMILES string of the molecule is CC1CN(c2ccc(NC(=O)CCC(F)(F)F)c(C(=O)O)c2)C[C@H](C)O1. The lowest BCUT2D eigenvalue weighted by Gasteiger charge is -2.37. The number of nitrogens with one attached hydrogen (secondary N) is 1. The van der Waals surface area contributed by atoms with Crippen LogP contribution in [0.15, 0.2) is 18.2 Å². The van der Waals surface area contributed by atoms with E-state index in [0.29, 0.717) is 18.8 Å². The zero-order valence-corrected chi connectivity index (χ0v) is 14.5. The van der Waals surface area contributed by atoms with Crippen LogP contribution in [-0.2, 0) is 9.53 Å². The molecule has 0 bridgehead atoms. The largest absolute Gasteiger partial charge is 0.478 e. The fourth-order valence-electron chi connectivity index (χ4n) is 2.87. The molecular formula is C17H21F3N2O4. The van der Waals surface area contributed by atoms with Crippen LogP contribution < -0.4 is 10.2 Å². The number of carbonyl (C=O) groups excluding carboxylic acids is 1. The van der Waals surface area contributed by atoms with E-state index < -0.39 is 30.9 Å². The van der Waals surface area contributed by atoms with Crippen LogP contribution in [0.3, 0.4) is 0 Å². The Morgan fingerprint density at radius 2 is 1.88 bits per heavy atom. The molecule has 1 heterocycles. The molecule has 0 spiro atoms. The number of halogens is 3. The van der Waals surface area contributed by atoms with Crippen molar-refractivity contribution in [3.05, 3.63) is 23.8 Å². The Hall–Kier alpha value is -2.29. The number of hydrogen-bond acceptors (Lipinski definition) is 4. The third-order valence-electron chi connectivity index (χ3n) is 3.93. The number of hydrogen-bond donors (Lipinski definition) is 2. The van der Waals surface area contributed by atoms with Crippen molar-refractivity contribution >= 4 is 23.3 Å². The average molecular weight is 374 g/mol. The van der Waals surface area contributed by atoms with E-state index in [0.717, 1.165) is 0 Å². The van der Waals surface area contributed by atoms with Crippen molar-refractivity contribution in [2.75, 3.05) is 23.3 Å². The van der Waals surface area contributed by atoms with Crippen LogP contribution in [0.4, 0.5) is 24.5 Å². The van der Waals surface area contributed by atoms with Crippen molar-refractivity contribution < 1.29 is 32.6 Å². The molecule has 0 aliphatic carbocycles. The summed E-state index contributed by atoms with van der Waals surface area (Å²) in [5, 5.41) is 11.6. The van der Waals surface area contributed by atoms with Crippen molar-refractivity contribution in [1.29, 1.82) is 0 Å². The molecule has 1 aromatic carbocycles. The molecule has 2 N–H and O–H groups in total. The van der Waals surface area contributed by atoms with Crippen molar-refractivity contribution in [1.82, 2.24) is 0 Å². The summed E-state index contributed by atoms with van der Waals surface area (Å²) in [6, 6.07) is 4.44. The summed E-state index contributed by atoms with van der Waals surface area (Å²) >= 11 is 0. The van der Waals surface area contributed by atoms with Gasteiger partial charge in [0.05, 0.1) is 29.9 Å². The highest BCUT2D eigenvalue weighted by molar-refractivity contribution is 6.01. The number of nitrogens with zero attached hydrogens (tertiary/aromatic N) is 1. The minimum absolute atomic E-state index is 0.0197. The van der Waals surface area contributed by atoms with Gasteiger partial charge in [-0.3, -0.25) is 4.79 Å². The zero-order valence-electron chi connectivity index (χ0n) is 14.5. The number of benzene rings is 1. The lowest BCUT2D eigenvalue weighted by molar-refractivity contribution is -0.142. The smallest absolute Gasteiger partial charge is 0.389 e. The van der Waals surface area contributed by atoms with Gasteiger partial charge in [0.25, 0.3) is 0 Å². The fourth-order valence-corrected chi connectivity index (χ4v) is 2.87. The van der Waals surface area contributed by atoms with Crippen LogP contribution >= 0.6 is 0 Å². The second-order valence-electron chi connectivity index (χ2n) is 6.36. The number of carboxylic acid groups (broad SMARTS) is 1. The van der Waals surface area contributed by atoms with Gasteiger partial charge < -0.3 is 20.1 Å². The lowest BCUT2D eigenvalue weighted by Crippen LogP contribution is -2.45. The van der Waals surface area contributed by atoms with E-state index in [1.54, 1.807) is 6.07 Å². The molecular weight excluding hydrogens is 353 g/mol. The number of aromatic carboxylic acids is 1. The number of alkyl halides is 3. The Balaban J connectivity index is 2.16. The first kappa shape index (κ1) is 20.0. The van der Waals surface area contributed by atoms with Gasteiger partial charge in [-0.25, -0.2) is 4.79 Å². The standard InChI is InChI=1S/C17H21F3N2O4/c1-10-8-22(9-11(2)26-10)12-3-4-14(13(7-12)16(24)25)21-15(23)5-6-17(18,19)20/h3-4,7,10-11H,5-6,8-9H2,1-2H3,(H,21,23)(H,24,25)/t10-,11?/m0/s1. The number of morpholine rings is 1. The maximum atomic E-state index is 12.2. The second kappa shape index (κ2) is 7.94. The summed E-state index contributed by atoms with van der Waals surface area (Å²) in [6.07, 6.45) is -6.51. The second-order valence-corrected chi connectivity index (χ2v) is 6.36. The molecule has 1 saturated heterocycles. The number of carboxylic acids is 1. The van der Waals surface area contributed by atoms with Crippen LogP contribution in [0.25, 0.3) is 0 Å². The van der Waals surface area contributed by atoms with Crippen LogP contribution in [-0.4, -0.2) is 48.5 Å². The van der Waals surface area contributed by atoms with E-state index in [9.17, 15) is 27.9 Å². The quantitative estimate of drug-likeness (QED) is 0.827. The number of anilines is 2. The van der Waals surface area contributed by atoms with Crippen LogP contribution in [0, 0.1) is 0 Å². The molecule has 6 nitrogen and oxygen atoms in total. The van der Waals surface area contributed by atoms with Gasteiger partial charge in [0.1, 0.15) is 0 Å². The first-order valence-electron chi connectivity index (χ1n) is 8.19. The first-order chi connectivity index (χ1) is 12.0. The van der Waals surface area contributed by atoms with Gasteiger partial charge in [0.2, 0.25) is 5.91 Å². The minimum Gasteiger partial charge on any atom is -0.478 e. The molecule has 1 aromatic rings. The number of amides is 1. The van der Waals surface area contributed by atoms with Crippen molar-refractivity contribution in [2.45, 2.75) is 45.1 Å². The Morgan fingerprint density at radius 3 is 2.42 bits per heavy atom. The van der Waals surface area contributed by atoms with Gasteiger partial charge in [-0.05, 0) is 32.0 Å². The normalized spacial score (nSPS) is 20.7. The van der Waals surface area contributed by atoms with E-state index in [1.165, 1.54) is 12.1 Å². The average Bonchev–Trinajstić information content (AvgIpc) is 2.51. The number of rotatable bonds is 5. The Labute approximate surface area is 148 Å². The molecule has 1 amide bonds. The number of ether oxygens (including phenoxy) is 1. The van der Waals surface area contributed by atoms with Crippen LogP contribution in [0.1, 0.15) is 37.0 Å². The summed E-state index contributed by atoms with van der Waals surface area (Å²) in [5.74, 6) is -2.15. The van der Waals surface area contributed by atoms with Crippen molar-refractivity contribution in [3.8, 4) is 0 Å². The van der Waals surface area contributed by atoms with Gasteiger partial charge >= 0.3 is 12.1 Å². The molecule has 1 fully saturated rings. The Kier molecular flexibility index (Phi) is 6.12. The molecule has 9 heteroatoms. The van der Waals surface area contributed by atoms with Gasteiger partial charge in [0.15, 0.2) is 0 Å². The summed E-state index contributed by atoms with van der Waals surface area (Å²) < 4.78 is 42.2. The zero-order chi connectivity index (χ0) is 19.5. The van der Waals surface area contributed by atoms with Gasteiger partial charge in [0, 0.05) is 25.2 Å². The predicted octanol–water partition coefficient (Wildman–Crippen LogP) is 3.28. The highest BCUT2D eigenvalue weighted by Crippen LogP contribution is 2.27. The molecule has 1 aliphatic heterocycles. The summed E-state index contributed by atoms with van der Waals surface area (Å²) in [6.45, 7) is 4.99. The molecule has 2 rings (SSSR count). The van der Waals surface area contributed by atoms with Crippen molar-refractivity contribution in [3.63, 3.8) is 0 Å². The molecule has 2 atom stereocenters. The monoisotopic (exact) mass is 374 g/mol. The molecule has 1 aliphatic rings.